The number of aliphatic imine (C=N–C) groups is 1. The Morgan fingerprint density at radius 1 is 1.27 bits per heavy atom. The standard InChI is InChI=1S/C18H27N5O2.HI/c1-18(2,3)23-16(25)11-21-17(19-4)20-10-12-9-15(24)22-14-8-6-5-7-13(12)14;/h5-8,12H,9-11H2,1-4H3,(H,22,24)(H,23,25)(H2,19,20,21);1H. The zero-order valence-electron chi connectivity index (χ0n) is 15.7. The van der Waals surface area contributed by atoms with Crippen LogP contribution in [0.25, 0.3) is 0 Å². The van der Waals surface area contributed by atoms with Crippen molar-refractivity contribution < 1.29 is 9.59 Å². The van der Waals surface area contributed by atoms with E-state index in [2.05, 4.69) is 26.3 Å². The van der Waals surface area contributed by atoms with Crippen LogP contribution in [-0.4, -0.2) is 43.5 Å². The number of halogens is 1. The number of para-hydroxylation sites is 1. The maximum atomic E-state index is 11.9. The average molecular weight is 473 g/mol. The quantitative estimate of drug-likeness (QED) is 0.305. The maximum absolute atomic E-state index is 11.9. The topological polar surface area (TPSA) is 94.6 Å². The number of carbonyl (C=O) groups is 2. The van der Waals surface area contributed by atoms with Crippen molar-refractivity contribution >= 4 is 47.4 Å². The molecule has 2 amide bonds. The molecule has 0 radical (unpaired) electrons. The van der Waals surface area contributed by atoms with E-state index in [1.54, 1.807) is 7.05 Å². The molecule has 0 saturated carbocycles. The highest BCUT2D eigenvalue weighted by molar-refractivity contribution is 14.0. The van der Waals surface area contributed by atoms with Gasteiger partial charge in [0.1, 0.15) is 0 Å². The van der Waals surface area contributed by atoms with Crippen molar-refractivity contribution in [3.8, 4) is 0 Å². The monoisotopic (exact) mass is 473 g/mol. The van der Waals surface area contributed by atoms with Crippen molar-refractivity contribution in [2.45, 2.75) is 38.6 Å². The summed E-state index contributed by atoms with van der Waals surface area (Å²) < 4.78 is 0. The first kappa shape index (κ1) is 22.2. The number of amides is 2. The van der Waals surface area contributed by atoms with Gasteiger partial charge >= 0.3 is 0 Å². The summed E-state index contributed by atoms with van der Waals surface area (Å²) in [5.74, 6) is 0.510. The molecule has 7 nitrogen and oxygen atoms in total. The minimum atomic E-state index is -0.269. The molecule has 1 aromatic rings. The van der Waals surface area contributed by atoms with Gasteiger partial charge in [0.2, 0.25) is 11.8 Å². The molecule has 1 aromatic carbocycles. The van der Waals surface area contributed by atoms with E-state index in [0.717, 1.165) is 11.3 Å². The summed E-state index contributed by atoms with van der Waals surface area (Å²) in [7, 11) is 1.65. The van der Waals surface area contributed by atoms with E-state index in [-0.39, 0.29) is 53.8 Å². The van der Waals surface area contributed by atoms with Crippen molar-refractivity contribution in [1.29, 1.82) is 0 Å². The Labute approximate surface area is 171 Å². The maximum Gasteiger partial charge on any atom is 0.239 e. The van der Waals surface area contributed by atoms with E-state index >= 15 is 0 Å². The molecule has 0 aliphatic carbocycles. The summed E-state index contributed by atoms with van der Waals surface area (Å²) >= 11 is 0. The molecule has 1 atom stereocenters. The highest BCUT2D eigenvalue weighted by Gasteiger charge is 2.24. The molecular weight excluding hydrogens is 445 g/mol. The Morgan fingerprint density at radius 2 is 1.96 bits per heavy atom. The summed E-state index contributed by atoms with van der Waals surface area (Å²) in [4.78, 5) is 27.9. The van der Waals surface area contributed by atoms with Gasteiger partial charge in [-0.25, -0.2) is 0 Å². The lowest BCUT2D eigenvalue weighted by Crippen LogP contribution is -2.48. The molecule has 4 N–H and O–H groups in total. The summed E-state index contributed by atoms with van der Waals surface area (Å²) in [6.07, 6.45) is 0.422. The molecule has 0 saturated heterocycles. The Balaban J connectivity index is 0.00000338. The second-order valence-electron chi connectivity index (χ2n) is 7.14. The Morgan fingerprint density at radius 3 is 2.62 bits per heavy atom. The summed E-state index contributed by atoms with van der Waals surface area (Å²) in [5, 5.41) is 12.0. The van der Waals surface area contributed by atoms with E-state index < -0.39 is 0 Å². The smallest absolute Gasteiger partial charge is 0.239 e. The molecule has 1 unspecified atom stereocenters. The summed E-state index contributed by atoms with van der Waals surface area (Å²) in [6, 6.07) is 7.80. The molecule has 144 valence electrons. The van der Waals surface area contributed by atoms with Crippen LogP contribution < -0.4 is 21.3 Å². The fraction of sp³-hybridized carbons (Fsp3) is 0.500. The molecular formula is C18H28IN5O2. The molecule has 8 heteroatoms. The first-order valence-corrected chi connectivity index (χ1v) is 8.43. The fourth-order valence-electron chi connectivity index (χ4n) is 2.75. The van der Waals surface area contributed by atoms with Gasteiger partial charge in [-0.15, -0.1) is 24.0 Å². The highest BCUT2D eigenvalue weighted by Crippen LogP contribution is 2.31. The number of rotatable bonds is 4. The van der Waals surface area contributed by atoms with Crippen LogP contribution in [0.5, 0.6) is 0 Å². The zero-order chi connectivity index (χ0) is 18.4. The van der Waals surface area contributed by atoms with Crippen LogP contribution in [0.15, 0.2) is 29.3 Å². The number of carbonyl (C=O) groups excluding carboxylic acids is 2. The second-order valence-corrected chi connectivity index (χ2v) is 7.14. The number of hydrogen-bond acceptors (Lipinski definition) is 3. The molecule has 26 heavy (non-hydrogen) atoms. The van der Waals surface area contributed by atoms with E-state index in [1.807, 2.05) is 45.0 Å². The van der Waals surface area contributed by atoms with Crippen LogP contribution in [0, 0.1) is 0 Å². The van der Waals surface area contributed by atoms with E-state index in [4.69, 9.17) is 0 Å². The number of nitrogens with one attached hydrogen (secondary N) is 4. The normalized spacial score (nSPS) is 16.7. The Hall–Kier alpha value is -1.84. The van der Waals surface area contributed by atoms with Crippen LogP contribution >= 0.6 is 24.0 Å². The van der Waals surface area contributed by atoms with Crippen molar-refractivity contribution in [2.75, 3.05) is 25.5 Å². The van der Waals surface area contributed by atoms with Crippen LogP contribution in [0.1, 0.15) is 38.7 Å². The van der Waals surface area contributed by atoms with Gasteiger partial charge in [0.15, 0.2) is 5.96 Å². The van der Waals surface area contributed by atoms with Crippen LogP contribution in [0.4, 0.5) is 5.69 Å². The van der Waals surface area contributed by atoms with E-state index in [9.17, 15) is 9.59 Å². The van der Waals surface area contributed by atoms with Crippen molar-refractivity contribution in [1.82, 2.24) is 16.0 Å². The van der Waals surface area contributed by atoms with Crippen molar-refractivity contribution in [3.05, 3.63) is 29.8 Å². The molecule has 0 spiro atoms. The molecule has 0 fully saturated rings. The minimum Gasteiger partial charge on any atom is -0.356 e. The van der Waals surface area contributed by atoms with Crippen LogP contribution in [0.3, 0.4) is 0 Å². The minimum absolute atomic E-state index is 0. The number of guanidine groups is 1. The predicted molar refractivity (Wildman–Crippen MR) is 115 cm³/mol. The molecule has 1 heterocycles. The lowest BCUT2D eigenvalue weighted by Gasteiger charge is -2.26. The molecule has 2 rings (SSSR count). The highest BCUT2D eigenvalue weighted by atomic mass is 127. The number of nitrogens with zero attached hydrogens (tertiary/aromatic N) is 1. The largest absolute Gasteiger partial charge is 0.356 e. The third kappa shape index (κ3) is 6.81. The lowest BCUT2D eigenvalue weighted by atomic mass is 9.90. The lowest BCUT2D eigenvalue weighted by molar-refractivity contribution is -0.121. The van der Waals surface area contributed by atoms with Gasteiger partial charge in [0.25, 0.3) is 0 Å². The number of anilines is 1. The molecule has 1 aliphatic heterocycles. The first-order valence-electron chi connectivity index (χ1n) is 8.43. The van der Waals surface area contributed by atoms with Crippen molar-refractivity contribution in [3.63, 3.8) is 0 Å². The van der Waals surface area contributed by atoms with Gasteiger partial charge in [-0.05, 0) is 32.4 Å². The van der Waals surface area contributed by atoms with E-state index in [1.165, 1.54) is 0 Å². The van der Waals surface area contributed by atoms with Gasteiger partial charge in [-0.3, -0.25) is 14.6 Å². The summed E-state index contributed by atoms with van der Waals surface area (Å²) in [6.45, 7) is 6.50. The zero-order valence-corrected chi connectivity index (χ0v) is 18.0. The third-order valence-corrected chi connectivity index (χ3v) is 3.78. The Bertz CT molecular complexity index is 670. The number of fused-ring (bicyclic) bond motifs is 1. The van der Waals surface area contributed by atoms with Gasteiger partial charge in [0.05, 0.1) is 6.54 Å². The van der Waals surface area contributed by atoms with Gasteiger partial charge in [-0.1, -0.05) is 18.2 Å². The predicted octanol–water partition coefficient (Wildman–Crippen LogP) is 1.81. The number of hydrogen-bond donors (Lipinski definition) is 4. The summed E-state index contributed by atoms with van der Waals surface area (Å²) in [5.41, 5.74) is 1.70. The van der Waals surface area contributed by atoms with Crippen molar-refractivity contribution in [2.24, 2.45) is 4.99 Å². The second kappa shape index (κ2) is 9.75. The van der Waals surface area contributed by atoms with Gasteiger partial charge < -0.3 is 21.3 Å². The Kier molecular flexibility index (Phi) is 8.32. The first-order chi connectivity index (χ1) is 11.8. The SMILES string of the molecule is CN=C(NCC(=O)NC(C)(C)C)NCC1CC(=O)Nc2ccccc21.I. The average Bonchev–Trinajstić information content (AvgIpc) is 2.53. The van der Waals surface area contributed by atoms with Crippen LogP contribution in [-0.2, 0) is 9.59 Å². The molecule has 0 aromatic heterocycles. The molecule has 1 aliphatic rings. The third-order valence-electron chi connectivity index (χ3n) is 3.78. The van der Waals surface area contributed by atoms with Crippen LogP contribution in [0.2, 0.25) is 0 Å². The van der Waals surface area contributed by atoms with Gasteiger partial charge in [-0.2, -0.15) is 0 Å². The number of benzene rings is 1. The van der Waals surface area contributed by atoms with Gasteiger partial charge in [0, 0.05) is 37.2 Å². The molecule has 0 bridgehead atoms. The fourth-order valence-corrected chi connectivity index (χ4v) is 2.75. The van der Waals surface area contributed by atoms with E-state index in [0.29, 0.717) is 18.9 Å².